The van der Waals surface area contributed by atoms with Gasteiger partial charge in [-0.15, -0.1) is 0 Å². The maximum Gasteiger partial charge on any atom is 0.261 e. The van der Waals surface area contributed by atoms with E-state index in [9.17, 15) is 9.59 Å². The summed E-state index contributed by atoms with van der Waals surface area (Å²) in [6.07, 6.45) is 2.27. The number of rotatable bonds is 7. The van der Waals surface area contributed by atoms with Crippen molar-refractivity contribution < 1.29 is 9.59 Å². The minimum Gasteiger partial charge on any atom is -0.298 e. The highest BCUT2D eigenvalue weighted by molar-refractivity contribution is 6.21. The second-order valence-electron chi connectivity index (χ2n) is 8.59. The average Bonchev–Trinajstić information content (AvgIpc) is 2.99. The van der Waals surface area contributed by atoms with E-state index in [4.69, 9.17) is 0 Å². The van der Waals surface area contributed by atoms with Gasteiger partial charge in [0.15, 0.2) is 0 Å². The number of carbonyl (C=O) groups is 2. The number of carbonyl (C=O) groups excluding carboxylic acids is 2. The van der Waals surface area contributed by atoms with Gasteiger partial charge in [-0.05, 0) is 50.9 Å². The van der Waals surface area contributed by atoms with Gasteiger partial charge in [0.1, 0.15) is 0 Å². The third-order valence-corrected chi connectivity index (χ3v) is 6.42. The molecule has 0 aliphatic carbocycles. The fourth-order valence-electron chi connectivity index (χ4n) is 4.88. The van der Waals surface area contributed by atoms with Crippen LogP contribution in [-0.4, -0.2) is 71.3 Å². The summed E-state index contributed by atoms with van der Waals surface area (Å²) in [5, 5.41) is 0. The lowest BCUT2D eigenvalue weighted by atomic mass is 10.1. The molecule has 0 radical (unpaired) electrons. The van der Waals surface area contributed by atoms with Gasteiger partial charge >= 0.3 is 0 Å². The summed E-state index contributed by atoms with van der Waals surface area (Å²) in [6, 6.07) is 18.7. The fourth-order valence-corrected chi connectivity index (χ4v) is 4.88. The molecule has 158 valence electrons. The van der Waals surface area contributed by atoms with Crippen LogP contribution in [0.1, 0.15) is 46.5 Å². The van der Waals surface area contributed by atoms with Crippen molar-refractivity contribution in [3.8, 4) is 0 Å². The summed E-state index contributed by atoms with van der Waals surface area (Å²) in [5.41, 5.74) is 2.47. The molecule has 0 spiro atoms. The number of nitrogens with zero attached hydrogens (tertiary/aromatic N) is 3. The van der Waals surface area contributed by atoms with Gasteiger partial charge in [0, 0.05) is 38.3 Å². The number of fused-ring (bicyclic) bond motifs is 1. The van der Waals surface area contributed by atoms with E-state index in [-0.39, 0.29) is 11.8 Å². The Kier molecular flexibility index (Phi) is 6.30. The Labute approximate surface area is 179 Å². The van der Waals surface area contributed by atoms with Gasteiger partial charge in [-0.1, -0.05) is 42.5 Å². The first-order valence-electron chi connectivity index (χ1n) is 11.0. The molecule has 30 heavy (non-hydrogen) atoms. The predicted molar refractivity (Wildman–Crippen MR) is 119 cm³/mol. The van der Waals surface area contributed by atoms with Crippen LogP contribution in [0.2, 0.25) is 0 Å². The number of imide groups is 1. The molecule has 0 aromatic heterocycles. The van der Waals surface area contributed by atoms with Crippen LogP contribution in [0.25, 0.3) is 0 Å². The molecule has 0 saturated carbocycles. The molecule has 2 aliphatic rings. The lowest BCUT2D eigenvalue weighted by molar-refractivity contribution is 0.0325. The number of amides is 2. The molecular formula is C25H31N3O2. The normalized spacial score (nSPS) is 22.5. The average molecular weight is 406 g/mol. The van der Waals surface area contributed by atoms with Gasteiger partial charge in [0.25, 0.3) is 11.8 Å². The molecule has 2 heterocycles. The van der Waals surface area contributed by atoms with Crippen LogP contribution in [-0.2, 0) is 6.42 Å². The Morgan fingerprint density at radius 1 is 0.767 bits per heavy atom. The third kappa shape index (κ3) is 4.32. The maximum absolute atomic E-state index is 12.6. The highest BCUT2D eigenvalue weighted by atomic mass is 16.2. The van der Waals surface area contributed by atoms with E-state index < -0.39 is 0 Å². The van der Waals surface area contributed by atoms with Crippen LogP contribution in [0.3, 0.4) is 0 Å². The molecule has 0 N–H and O–H groups in total. The SMILES string of the molecule is C[C@@H]1CN(CCN2C(=O)c3ccccc3C2=O)C[C@H](C)N1CCCc1ccccc1. The number of hydrogen-bond acceptors (Lipinski definition) is 4. The Morgan fingerprint density at radius 3 is 1.93 bits per heavy atom. The number of hydrogen-bond donors (Lipinski definition) is 0. The zero-order valence-electron chi connectivity index (χ0n) is 18.0. The molecular weight excluding hydrogens is 374 g/mol. The molecule has 2 aliphatic heterocycles. The first kappa shape index (κ1) is 20.8. The van der Waals surface area contributed by atoms with E-state index >= 15 is 0 Å². The van der Waals surface area contributed by atoms with E-state index in [1.165, 1.54) is 10.5 Å². The summed E-state index contributed by atoms with van der Waals surface area (Å²) < 4.78 is 0. The lowest BCUT2D eigenvalue weighted by Crippen LogP contribution is -2.57. The molecule has 1 saturated heterocycles. The summed E-state index contributed by atoms with van der Waals surface area (Å²) in [5.74, 6) is -0.313. The maximum atomic E-state index is 12.6. The van der Waals surface area contributed by atoms with Crippen LogP contribution in [0.4, 0.5) is 0 Å². The molecule has 4 rings (SSSR count). The monoisotopic (exact) mass is 405 g/mol. The van der Waals surface area contributed by atoms with Crippen LogP contribution in [0.5, 0.6) is 0 Å². The van der Waals surface area contributed by atoms with Gasteiger partial charge in [-0.25, -0.2) is 0 Å². The molecule has 0 bridgehead atoms. The number of aryl methyl sites for hydroxylation is 1. The van der Waals surface area contributed by atoms with Crippen LogP contribution in [0, 0.1) is 0 Å². The lowest BCUT2D eigenvalue weighted by Gasteiger charge is -2.44. The summed E-state index contributed by atoms with van der Waals surface area (Å²) in [6.45, 7) is 8.80. The Bertz CT molecular complexity index is 851. The van der Waals surface area contributed by atoms with E-state index in [1.807, 2.05) is 12.1 Å². The summed E-state index contributed by atoms with van der Waals surface area (Å²) in [7, 11) is 0. The molecule has 1 fully saturated rings. The standard InChI is InChI=1S/C25H31N3O2/c1-19-17-26(15-16-28-24(29)22-12-6-7-13-23(22)25(28)30)18-20(2)27(19)14-8-11-21-9-4-3-5-10-21/h3-7,9-10,12-13,19-20H,8,11,14-18H2,1-2H3/t19-,20+. The van der Waals surface area contributed by atoms with Crippen molar-refractivity contribution >= 4 is 11.8 Å². The molecule has 2 aromatic rings. The van der Waals surface area contributed by atoms with Crippen molar-refractivity contribution in [2.75, 3.05) is 32.7 Å². The van der Waals surface area contributed by atoms with Crippen LogP contribution < -0.4 is 0 Å². The number of piperazine rings is 1. The molecule has 5 heteroatoms. The molecule has 5 nitrogen and oxygen atoms in total. The van der Waals surface area contributed by atoms with Gasteiger partial charge in [0.05, 0.1) is 11.1 Å². The molecule has 2 amide bonds. The quantitative estimate of drug-likeness (QED) is 0.663. The van der Waals surface area contributed by atoms with Gasteiger partial charge in [-0.3, -0.25) is 24.3 Å². The van der Waals surface area contributed by atoms with Crippen molar-refractivity contribution in [2.24, 2.45) is 0 Å². The smallest absolute Gasteiger partial charge is 0.261 e. The van der Waals surface area contributed by atoms with Crippen LogP contribution in [0.15, 0.2) is 54.6 Å². The van der Waals surface area contributed by atoms with Crippen molar-refractivity contribution in [3.63, 3.8) is 0 Å². The predicted octanol–water partition coefficient (Wildman–Crippen LogP) is 3.31. The van der Waals surface area contributed by atoms with Crippen molar-refractivity contribution in [2.45, 2.75) is 38.8 Å². The third-order valence-electron chi connectivity index (χ3n) is 6.42. The minimum absolute atomic E-state index is 0.156. The number of benzene rings is 2. The highest BCUT2D eigenvalue weighted by Crippen LogP contribution is 2.23. The molecule has 2 atom stereocenters. The highest BCUT2D eigenvalue weighted by Gasteiger charge is 2.36. The minimum atomic E-state index is -0.156. The largest absolute Gasteiger partial charge is 0.298 e. The first-order chi connectivity index (χ1) is 14.5. The van der Waals surface area contributed by atoms with Gasteiger partial charge < -0.3 is 0 Å². The van der Waals surface area contributed by atoms with Crippen molar-refractivity contribution in [3.05, 3.63) is 71.3 Å². The topological polar surface area (TPSA) is 43.9 Å². The zero-order valence-corrected chi connectivity index (χ0v) is 18.0. The van der Waals surface area contributed by atoms with Crippen molar-refractivity contribution in [1.29, 1.82) is 0 Å². The van der Waals surface area contributed by atoms with Crippen LogP contribution >= 0.6 is 0 Å². The Hall–Kier alpha value is -2.50. The van der Waals surface area contributed by atoms with E-state index in [0.29, 0.717) is 29.8 Å². The first-order valence-corrected chi connectivity index (χ1v) is 11.0. The van der Waals surface area contributed by atoms with E-state index in [2.05, 4.69) is 54.0 Å². The Morgan fingerprint density at radius 2 is 1.33 bits per heavy atom. The molecule has 0 unspecified atom stereocenters. The van der Waals surface area contributed by atoms with Gasteiger partial charge in [-0.2, -0.15) is 0 Å². The summed E-state index contributed by atoms with van der Waals surface area (Å²) >= 11 is 0. The van der Waals surface area contributed by atoms with Crippen molar-refractivity contribution in [1.82, 2.24) is 14.7 Å². The molecule has 2 aromatic carbocycles. The second-order valence-corrected chi connectivity index (χ2v) is 8.59. The second kappa shape index (κ2) is 9.11. The van der Waals surface area contributed by atoms with E-state index in [1.54, 1.807) is 12.1 Å². The van der Waals surface area contributed by atoms with Gasteiger partial charge in [0.2, 0.25) is 0 Å². The summed E-state index contributed by atoms with van der Waals surface area (Å²) in [4.78, 5) is 31.6. The Balaban J connectivity index is 1.27. The fraction of sp³-hybridized carbons (Fsp3) is 0.440. The zero-order chi connectivity index (χ0) is 21.1. The van der Waals surface area contributed by atoms with E-state index in [0.717, 1.165) is 39.0 Å².